The van der Waals surface area contributed by atoms with E-state index >= 15 is 0 Å². The van der Waals surface area contributed by atoms with Gasteiger partial charge in [-0.15, -0.1) is 0 Å². The average molecular weight is 323 g/mol. The Morgan fingerprint density at radius 1 is 1.29 bits per heavy atom. The van der Waals surface area contributed by atoms with E-state index in [1.807, 2.05) is 6.07 Å². The molecule has 0 spiro atoms. The third kappa shape index (κ3) is 2.04. The number of hydrogen-bond donors (Lipinski definition) is 0. The Morgan fingerprint density at radius 3 is 2.92 bits per heavy atom. The van der Waals surface area contributed by atoms with Crippen LogP contribution < -0.4 is 5.63 Å². The zero-order valence-electron chi connectivity index (χ0n) is 12.9. The number of fused-ring (bicyclic) bond motifs is 2. The van der Waals surface area contributed by atoms with Crippen LogP contribution in [0.25, 0.3) is 0 Å². The molecule has 0 amide bonds. The normalized spacial score (nSPS) is 22.3. The molecular weight excluding hydrogens is 310 g/mol. The number of hydrogen-bond acceptors (Lipinski definition) is 6. The van der Waals surface area contributed by atoms with E-state index in [0.717, 1.165) is 5.56 Å². The number of nitrogens with zero attached hydrogens (tertiary/aromatic N) is 3. The largest absolute Gasteiger partial charge is 0.368 e. The third-order valence-electron chi connectivity index (χ3n) is 4.45. The number of ketones is 1. The van der Waals surface area contributed by atoms with E-state index in [-0.39, 0.29) is 19.0 Å². The van der Waals surface area contributed by atoms with Gasteiger partial charge in [0.15, 0.2) is 11.6 Å². The summed E-state index contributed by atoms with van der Waals surface area (Å²) in [4.78, 5) is 29.3. The van der Waals surface area contributed by atoms with Gasteiger partial charge in [0.25, 0.3) is 0 Å². The number of aromatic nitrogens is 1. The van der Waals surface area contributed by atoms with Crippen molar-refractivity contribution in [1.29, 1.82) is 5.26 Å². The summed E-state index contributed by atoms with van der Waals surface area (Å²) in [5.41, 5.74) is 1.63. The van der Waals surface area contributed by atoms with Crippen LogP contribution in [-0.2, 0) is 16.6 Å². The molecule has 0 bridgehead atoms. The predicted octanol–water partition coefficient (Wildman–Crippen LogP) is 1.28. The molecule has 4 rings (SSSR count). The second kappa shape index (κ2) is 5.28. The first-order valence-electron chi connectivity index (χ1n) is 7.48. The molecule has 1 aromatic heterocycles. The molecule has 2 aliphatic heterocycles. The fourth-order valence-corrected chi connectivity index (χ4v) is 3.44. The Balaban J connectivity index is 1.99. The minimum atomic E-state index is -0.564. The molecule has 120 valence electrons. The van der Waals surface area contributed by atoms with Crippen molar-refractivity contribution in [2.24, 2.45) is 18.0 Å². The van der Waals surface area contributed by atoms with Crippen LogP contribution in [0.4, 0.5) is 5.82 Å². The van der Waals surface area contributed by atoms with Crippen LogP contribution in [0, 0.1) is 17.2 Å². The van der Waals surface area contributed by atoms with E-state index in [0.29, 0.717) is 22.7 Å². The summed E-state index contributed by atoms with van der Waals surface area (Å²) in [7, 11) is 1.60. The van der Waals surface area contributed by atoms with Crippen molar-refractivity contribution in [3.05, 3.63) is 51.4 Å². The monoisotopic (exact) mass is 323 g/mol. The van der Waals surface area contributed by atoms with Gasteiger partial charge in [0.2, 0.25) is 0 Å². The summed E-state index contributed by atoms with van der Waals surface area (Å²) in [6.07, 6.45) is 0. The van der Waals surface area contributed by atoms with E-state index in [1.54, 1.807) is 25.2 Å². The summed E-state index contributed by atoms with van der Waals surface area (Å²) in [5.74, 6) is -0.807. The molecule has 3 heterocycles. The van der Waals surface area contributed by atoms with Crippen LogP contribution in [-0.4, -0.2) is 29.4 Å². The molecule has 2 aromatic rings. The van der Waals surface area contributed by atoms with Crippen molar-refractivity contribution in [2.75, 3.05) is 13.2 Å². The van der Waals surface area contributed by atoms with Crippen LogP contribution in [0.15, 0.2) is 38.6 Å². The van der Waals surface area contributed by atoms with E-state index in [2.05, 4.69) is 11.1 Å². The van der Waals surface area contributed by atoms with Crippen molar-refractivity contribution < 1.29 is 14.1 Å². The smallest absolute Gasteiger partial charge is 0.363 e. The molecule has 1 aromatic carbocycles. The number of aliphatic imine (C=N–C) groups is 1. The minimum absolute atomic E-state index is 0.00831. The van der Waals surface area contributed by atoms with Gasteiger partial charge in [0, 0.05) is 13.0 Å². The van der Waals surface area contributed by atoms with Crippen LogP contribution in [0.5, 0.6) is 0 Å². The lowest BCUT2D eigenvalue weighted by Gasteiger charge is -2.33. The summed E-state index contributed by atoms with van der Waals surface area (Å²) < 4.78 is 11.8. The number of rotatable bonds is 1. The average Bonchev–Trinajstić information content (AvgIpc) is 2.87. The van der Waals surface area contributed by atoms with Gasteiger partial charge in [-0.1, -0.05) is 12.1 Å². The fourth-order valence-electron chi connectivity index (χ4n) is 3.44. The van der Waals surface area contributed by atoms with Gasteiger partial charge in [-0.3, -0.25) is 4.79 Å². The molecule has 7 heteroatoms. The molecule has 1 fully saturated rings. The van der Waals surface area contributed by atoms with Gasteiger partial charge < -0.3 is 9.26 Å². The Bertz CT molecular complexity index is 976. The highest BCUT2D eigenvalue weighted by Gasteiger charge is 2.44. The fraction of sp³-hybridized carbons (Fsp3) is 0.294. The second-order valence-electron chi connectivity index (χ2n) is 5.87. The maximum Gasteiger partial charge on any atom is 0.363 e. The number of benzene rings is 1. The van der Waals surface area contributed by atoms with Crippen LogP contribution in [0.3, 0.4) is 0 Å². The number of ether oxygens (including phenoxy) is 1. The van der Waals surface area contributed by atoms with E-state index < -0.39 is 17.5 Å². The van der Waals surface area contributed by atoms with Crippen molar-refractivity contribution in [3.63, 3.8) is 0 Å². The Labute approximate surface area is 136 Å². The second-order valence-corrected chi connectivity index (χ2v) is 5.87. The summed E-state index contributed by atoms with van der Waals surface area (Å²) in [6.45, 7) is 0.231. The third-order valence-corrected chi connectivity index (χ3v) is 4.45. The molecule has 0 saturated carbocycles. The van der Waals surface area contributed by atoms with Gasteiger partial charge in [-0.25, -0.2) is 9.79 Å². The van der Waals surface area contributed by atoms with Gasteiger partial charge in [-0.2, -0.15) is 10.0 Å². The molecule has 0 N–H and O–H groups in total. The molecule has 24 heavy (non-hydrogen) atoms. The Hall–Kier alpha value is -2.98. The standard InChI is InChI=1S/C17H13N3O4/c1-20-16-15(17(22)24-20)13(10-4-2-3-9(5-10)6-18)14-11(19-16)7-23-8-12(14)21/h2-5,13-14H,7-8H2,1H3. The highest BCUT2D eigenvalue weighted by molar-refractivity contribution is 6.11. The van der Waals surface area contributed by atoms with Crippen molar-refractivity contribution in [1.82, 2.24) is 4.74 Å². The lowest BCUT2D eigenvalue weighted by molar-refractivity contribution is -0.127. The van der Waals surface area contributed by atoms with Crippen molar-refractivity contribution in [2.45, 2.75) is 5.92 Å². The SMILES string of the molecule is Cn1oc(=O)c2c1N=C1COCC(=O)C1C2c1cccc(C#N)c1. The molecule has 2 aliphatic rings. The predicted molar refractivity (Wildman–Crippen MR) is 83.4 cm³/mol. The van der Waals surface area contributed by atoms with Crippen LogP contribution in [0.2, 0.25) is 0 Å². The zero-order chi connectivity index (χ0) is 16.8. The number of Topliss-reactive ketones (excluding diaryl/α,β-unsaturated/α-hetero) is 1. The Kier molecular flexibility index (Phi) is 3.22. The first kappa shape index (κ1) is 14.6. The topological polar surface area (TPSA) is 97.6 Å². The molecule has 0 aliphatic carbocycles. The van der Waals surface area contributed by atoms with Gasteiger partial charge in [-0.05, 0) is 17.7 Å². The van der Waals surface area contributed by atoms with Crippen LogP contribution >= 0.6 is 0 Å². The first-order chi connectivity index (χ1) is 11.6. The highest BCUT2D eigenvalue weighted by atomic mass is 16.5. The molecule has 2 unspecified atom stereocenters. The molecule has 1 saturated heterocycles. The summed E-state index contributed by atoms with van der Waals surface area (Å²) in [6, 6.07) is 9.03. The van der Waals surface area contributed by atoms with Crippen molar-refractivity contribution >= 4 is 17.3 Å². The minimum Gasteiger partial charge on any atom is -0.368 e. The maximum absolute atomic E-state index is 12.5. The van der Waals surface area contributed by atoms with Crippen molar-refractivity contribution in [3.8, 4) is 6.07 Å². The number of nitriles is 1. The highest BCUT2D eigenvalue weighted by Crippen LogP contribution is 2.42. The number of carbonyl (C=O) groups is 1. The first-order valence-corrected chi connectivity index (χ1v) is 7.48. The lowest BCUT2D eigenvalue weighted by Crippen LogP contribution is -2.43. The van der Waals surface area contributed by atoms with E-state index in [9.17, 15) is 9.59 Å². The van der Waals surface area contributed by atoms with E-state index in [1.165, 1.54) is 4.74 Å². The Morgan fingerprint density at radius 2 is 2.12 bits per heavy atom. The molecular formula is C17H13N3O4. The molecule has 7 nitrogen and oxygen atoms in total. The van der Waals surface area contributed by atoms with Crippen LogP contribution in [0.1, 0.15) is 22.6 Å². The lowest BCUT2D eigenvalue weighted by atomic mass is 9.74. The summed E-state index contributed by atoms with van der Waals surface area (Å²) >= 11 is 0. The number of carbonyl (C=O) groups excluding carboxylic acids is 1. The van der Waals surface area contributed by atoms with Gasteiger partial charge in [0.05, 0.1) is 35.4 Å². The van der Waals surface area contributed by atoms with E-state index in [4.69, 9.17) is 14.5 Å². The molecule has 2 atom stereocenters. The van der Waals surface area contributed by atoms with Gasteiger partial charge >= 0.3 is 5.63 Å². The quantitative estimate of drug-likeness (QED) is 0.787. The maximum atomic E-state index is 12.5. The number of aryl methyl sites for hydroxylation is 1. The zero-order valence-corrected chi connectivity index (χ0v) is 12.9. The summed E-state index contributed by atoms with van der Waals surface area (Å²) in [5, 5.41) is 9.15. The molecule has 0 radical (unpaired) electrons. The van der Waals surface area contributed by atoms with Gasteiger partial charge in [0.1, 0.15) is 6.61 Å².